The molecule has 0 unspecified atom stereocenters. The van der Waals surface area contributed by atoms with Crippen LogP contribution >= 0.6 is 0 Å². The first-order valence-corrected chi connectivity index (χ1v) is 4.54. The molecule has 0 fully saturated rings. The minimum absolute atomic E-state index is 0.0337. The van der Waals surface area contributed by atoms with E-state index >= 15 is 0 Å². The Morgan fingerprint density at radius 3 is 2.36 bits per heavy atom. The van der Waals surface area contributed by atoms with Crippen LogP contribution in [0.4, 0.5) is 8.78 Å². The SMILES string of the molecule is CC(C)(CCO)c1ccc(F)c(F)c1. The van der Waals surface area contributed by atoms with E-state index in [1.807, 2.05) is 13.8 Å². The molecule has 0 saturated heterocycles. The zero-order valence-corrected chi connectivity index (χ0v) is 8.35. The molecule has 14 heavy (non-hydrogen) atoms. The van der Waals surface area contributed by atoms with Crippen LogP contribution in [0.5, 0.6) is 0 Å². The van der Waals surface area contributed by atoms with Crippen molar-refractivity contribution in [2.75, 3.05) is 6.61 Å². The van der Waals surface area contributed by atoms with Gasteiger partial charge < -0.3 is 5.11 Å². The zero-order chi connectivity index (χ0) is 10.8. The quantitative estimate of drug-likeness (QED) is 0.795. The van der Waals surface area contributed by atoms with Gasteiger partial charge in [0.25, 0.3) is 0 Å². The zero-order valence-electron chi connectivity index (χ0n) is 8.35. The molecule has 0 heterocycles. The number of hydrogen-bond donors (Lipinski definition) is 1. The van der Waals surface area contributed by atoms with Gasteiger partial charge in [-0.25, -0.2) is 8.78 Å². The van der Waals surface area contributed by atoms with Crippen LogP contribution in [-0.2, 0) is 5.41 Å². The first-order chi connectivity index (χ1) is 6.47. The van der Waals surface area contributed by atoms with Gasteiger partial charge in [-0.05, 0) is 29.5 Å². The highest BCUT2D eigenvalue weighted by atomic mass is 19.2. The van der Waals surface area contributed by atoms with Gasteiger partial charge in [-0.2, -0.15) is 0 Å². The van der Waals surface area contributed by atoms with Crippen molar-refractivity contribution in [3.63, 3.8) is 0 Å². The smallest absolute Gasteiger partial charge is 0.159 e. The molecular formula is C11H14F2O. The Labute approximate surface area is 82.4 Å². The van der Waals surface area contributed by atoms with Crippen molar-refractivity contribution in [1.82, 2.24) is 0 Å². The molecule has 0 spiro atoms. The summed E-state index contributed by atoms with van der Waals surface area (Å²) in [7, 11) is 0. The monoisotopic (exact) mass is 200 g/mol. The lowest BCUT2D eigenvalue weighted by molar-refractivity contribution is 0.252. The van der Waals surface area contributed by atoms with Gasteiger partial charge in [0.05, 0.1) is 0 Å². The summed E-state index contributed by atoms with van der Waals surface area (Å²) < 4.78 is 25.6. The third-order valence-electron chi connectivity index (χ3n) is 2.44. The van der Waals surface area contributed by atoms with Crippen LogP contribution in [0.1, 0.15) is 25.8 Å². The fourth-order valence-corrected chi connectivity index (χ4v) is 1.34. The first kappa shape index (κ1) is 11.1. The number of hydrogen-bond acceptors (Lipinski definition) is 1. The van der Waals surface area contributed by atoms with Gasteiger partial charge in [0.2, 0.25) is 0 Å². The van der Waals surface area contributed by atoms with Crippen molar-refractivity contribution in [3.05, 3.63) is 35.4 Å². The van der Waals surface area contributed by atoms with E-state index in [4.69, 9.17) is 5.11 Å². The number of rotatable bonds is 3. The second-order valence-corrected chi connectivity index (χ2v) is 3.99. The number of benzene rings is 1. The maximum Gasteiger partial charge on any atom is 0.159 e. The van der Waals surface area contributed by atoms with Crippen LogP contribution in [0.2, 0.25) is 0 Å². The van der Waals surface area contributed by atoms with E-state index < -0.39 is 11.6 Å². The Kier molecular flexibility index (Phi) is 3.21. The Hall–Kier alpha value is -0.960. The Bertz CT molecular complexity index is 321. The standard InChI is InChI=1S/C11H14F2O/c1-11(2,5-6-14)8-3-4-9(12)10(13)7-8/h3-4,7,14H,5-6H2,1-2H3. The van der Waals surface area contributed by atoms with E-state index in [1.54, 1.807) is 6.07 Å². The predicted octanol–water partition coefficient (Wildman–Crippen LogP) is 2.62. The second-order valence-electron chi connectivity index (χ2n) is 3.99. The van der Waals surface area contributed by atoms with Crippen LogP contribution in [0.3, 0.4) is 0 Å². The van der Waals surface area contributed by atoms with Crippen LogP contribution in [0, 0.1) is 11.6 Å². The summed E-state index contributed by atoms with van der Waals surface area (Å²) in [4.78, 5) is 0. The molecule has 1 aromatic carbocycles. The first-order valence-electron chi connectivity index (χ1n) is 4.54. The van der Waals surface area contributed by atoms with Gasteiger partial charge >= 0.3 is 0 Å². The molecule has 3 heteroatoms. The Morgan fingerprint density at radius 1 is 1.21 bits per heavy atom. The Morgan fingerprint density at radius 2 is 1.86 bits per heavy atom. The van der Waals surface area contributed by atoms with Crippen LogP contribution in [0.15, 0.2) is 18.2 Å². The highest BCUT2D eigenvalue weighted by Gasteiger charge is 2.20. The third kappa shape index (κ3) is 2.29. The molecule has 0 amide bonds. The van der Waals surface area contributed by atoms with Crippen molar-refractivity contribution in [2.24, 2.45) is 0 Å². The molecule has 0 saturated carbocycles. The van der Waals surface area contributed by atoms with Crippen molar-refractivity contribution in [3.8, 4) is 0 Å². The topological polar surface area (TPSA) is 20.2 Å². The lowest BCUT2D eigenvalue weighted by atomic mass is 9.82. The van der Waals surface area contributed by atoms with Crippen molar-refractivity contribution >= 4 is 0 Å². The maximum atomic E-state index is 12.9. The Balaban J connectivity index is 3.01. The van der Waals surface area contributed by atoms with E-state index in [0.29, 0.717) is 12.0 Å². The highest BCUT2D eigenvalue weighted by Crippen LogP contribution is 2.27. The molecule has 0 aromatic heterocycles. The van der Waals surface area contributed by atoms with E-state index in [-0.39, 0.29) is 12.0 Å². The fourth-order valence-electron chi connectivity index (χ4n) is 1.34. The molecule has 1 nitrogen and oxygen atoms in total. The third-order valence-corrected chi connectivity index (χ3v) is 2.44. The molecule has 78 valence electrons. The molecule has 1 aromatic rings. The van der Waals surface area contributed by atoms with E-state index in [1.165, 1.54) is 6.07 Å². The molecule has 0 aliphatic carbocycles. The van der Waals surface area contributed by atoms with Crippen LogP contribution < -0.4 is 0 Å². The van der Waals surface area contributed by atoms with Gasteiger partial charge in [0.1, 0.15) is 0 Å². The molecule has 1 N–H and O–H groups in total. The lowest BCUT2D eigenvalue weighted by Gasteiger charge is -2.24. The second kappa shape index (κ2) is 4.05. The lowest BCUT2D eigenvalue weighted by Crippen LogP contribution is -2.19. The minimum Gasteiger partial charge on any atom is -0.396 e. The van der Waals surface area contributed by atoms with Gasteiger partial charge in [-0.3, -0.25) is 0 Å². The van der Waals surface area contributed by atoms with E-state index in [2.05, 4.69) is 0 Å². The summed E-state index contributed by atoms with van der Waals surface area (Å²) in [5.74, 6) is -1.68. The number of aliphatic hydroxyl groups is 1. The molecule has 0 aliphatic rings. The average Bonchev–Trinajstić information content (AvgIpc) is 2.09. The van der Waals surface area contributed by atoms with Gasteiger partial charge in [0.15, 0.2) is 11.6 Å². The normalized spacial score (nSPS) is 11.8. The largest absolute Gasteiger partial charge is 0.396 e. The van der Waals surface area contributed by atoms with Crippen LogP contribution in [0.25, 0.3) is 0 Å². The summed E-state index contributed by atoms with van der Waals surface area (Å²) in [6.45, 7) is 3.80. The van der Waals surface area contributed by atoms with Crippen molar-refractivity contribution in [2.45, 2.75) is 25.7 Å². The minimum atomic E-state index is -0.839. The molecule has 0 aliphatic heterocycles. The number of aliphatic hydroxyl groups excluding tert-OH is 1. The van der Waals surface area contributed by atoms with Crippen molar-refractivity contribution in [1.29, 1.82) is 0 Å². The van der Waals surface area contributed by atoms with Gasteiger partial charge in [-0.15, -0.1) is 0 Å². The summed E-state index contributed by atoms with van der Waals surface area (Å²) in [6.07, 6.45) is 0.526. The molecular weight excluding hydrogens is 186 g/mol. The van der Waals surface area contributed by atoms with Crippen molar-refractivity contribution < 1.29 is 13.9 Å². The van der Waals surface area contributed by atoms with E-state index in [9.17, 15) is 8.78 Å². The fraction of sp³-hybridized carbons (Fsp3) is 0.455. The van der Waals surface area contributed by atoms with Gasteiger partial charge in [-0.1, -0.05) is 19.9 Å². The average molecular weight is 200 g/mol. The molecule has 0 atom stereocenters. The summed E-state index contributed by atoms with van der Waals surface area (Å²) in [5, 5.41) is 8.82. The number of halogens is 2. The predicted molar refractivity (Wildman–Crippen MR) is 51.1 cm³/mol. The van der Waals surface area contributed by atoms with Gasteiger partial charge in [0, 0.05) is 6.61 Å². The van der Waals surface area contributed by atoms with E-state index in [0.717, 1.165) is 6.07 Å². The molecule has 0 bridgehead atoms. The van der Waals surface area contributed by atoms with Crippen LogP contribution in [-0.4, -0.2) is 11.7 Å². The maximum absolute atomic E-state index is 12.9. The summed E-state index contributed by atoms with van der Waals surface area (Å²) in [6, 6.07) is 3.85. The molecule has 0 radical (unpaired) electrons. The highest BCUT2D eigenvalue weighted by molar-refractivity contribution is 5.25. The summed E-state index contributed by atoms with van der Waals surface area (Å²) >= 11 is 0. The molecule has 1 rings (SSSR count). The summed E-state index contributed by atoms with van der Waals surface area (Å²) in [5.41, 5.74) is 0.369.